The number of halogens is 2. The summed E-state index contributed by atoms with van der Waals surface area (Å²) >= 11 is 11.9. The monoisotopic (exact) mass is 313 g/mol. The van der Waals surface area contributed by atoms with E-state index in [2.05, 4.69) is 15.0 Å². The van der Waals surface area contributed by atoms with Gasteiger partial charge in [-0.25, -0.2) is 0 Å². The molecule has 0 saturated carbocycles. The van der Waals surface area contributed by atoms with E-state index < -0.39 is 0 Å². The molecule has 7 heteroatoms. The van der Waals surface area contributed by atoms with Crippen molar-refractivity contribution in [1.29, 1.82) is 0 Å². The van der Waals surface area contributed by atoms with E-state index in [1.807, 2.05) is 6.92 Å². The summed E-state index contributed by atoms with van der Waals surface area (Å²) in [5.41, 5.74) is 0.719. The number of ether oxygens (including phenoxy) is 2. The van der Waals surface area contributed by atoms with Crippen molar-refractivity contribution in [2.24, 2.45) is 0 Å². The number of methoxy groups -OCH3 is 1. The smallest absolute Gasteiger partial charge is 0.321 e. The lowest BCUT2D eigenvalue weighted by molar-refractivity contribution is 0.291. The Labute approximate surface area is 126 Å². The average molecular weight is 314 g/mol. The third-order valence-corrected chi connectivity index (χ3v) is 2.91. The van der Waals surface area contributed by atoms with Crippen LogP contribution in [-0.2, 0) is 0 Å². The van der Waals surface area contributed by atoms with E-state index in [0.29, 0.717) is 23.2 Å². The van der Waals surface area contributed by atoms with Gasteiger partial charge in [0.1, 0.15) is 5.75 Å². The Morgan fingerprint density at radius 2 is 1.95 bits per heavy atom. The summed E-state index contributed by atoms with van der Waals surface area (Å²) in [6, 6.07) is 5.42. The number of nitrogens with zero attached hydrogens (tertiary/aromatic N) is 3. The van der Waals surface area contributed by atoms with E-state index >= 15 is 0 Å². The number of rotatable bonds is 5. The topological polar surface area (TPSA) is 57.1 Å². The molecular formula is C13H13Cl2N3O2. The molecule has 5 nitrogen and oxygen atoms in total. The number of hydrogen-bond donors (Lipinski definition) is 0. The molecule has 1 heterocycles. The van der Waals surface area contributed by atoms with Gasteiger partial charge in [0.25, 0.3) is 0 Å². The summed E-state index contributed by atoms with van der Waals surface area (Å²) in [6.45, 7) is 2.51. The molecule has 0 N–H and O–H groups in total. The van der Waals surface area contributed by atoms with Gasteiger partial charge in [-0.15, -0.1) is 0 Å². The molecule has 0 aliphatic carbocycles. The fourth-order valence-electron chi connectivity index (χ4n) is 1.52. The first-order valence-electron chi connectivity index (χ1n) is 6.02. The molecule has 0 radical (unpaired) electrons. The van der Waals surface area contributed by atoms with Crippen LogP contribution in [0.5, 0.6) is 11.8 Å². The SMILES string of the molecule is CCCOc1nc(Cl)nc(-c2ccc(Cl)c(OC)c2)n1. The van der Waals surface area contributed by atoms with Crippen LogP contribution < -0.4 is 9.47 Å². The Kier molecular flexibility index (Phi) is 4.98. The normalized spacial score (nSPS) is 10.4. The molecule has 0 saturated heterocycles. The van der Waals surface area contributed by atoms with Gasteiger partial charge in [0.05, 0.1) is 18.7 Å². The summed E-state index contributed by atoms with van der Waals surface area (Å²) < 4.78 is 10.5. The first-order chi connectivity index (χ1) is 9.63. The standard InChI is InChI=1S/C13H13Cl2N3O2/c1-3-6-20-13-17-11(16-12(15)18-13)8-4-5-9(14)10(7-8)19-2/h4-5,7H,3,6H2,1-2H3. The zero-order valence-electron chi connectivity index (χ0n) is 11.1. The maximum absolute atomic E-state index is 5.99. The number of aromatic nitrogens is 3. The van der Waals surface area contributed by atoms with Crippen molar-refractivity contribution in [3.63, 3.8) is 0 Å². The van der Waals surface area contributed by atoms with Gasteiger partial charge in [-0.3, -0.25) is 0 Å². The molecule has 0 fully saturated rings. The highest BCUT2D eigenvalue weighted by Gasteiger charge is 2.10. The highest BCUT2D eigenvalue weighted by Crippen LogP contribution is 2.29. The van der Waals surface area contributed by atoms with Crippen LogP contribution in [0.25, 0.3) is 11.4 Å². The van der Waals surface area contributed by atoms with Gasteiger partial charge in [0.2, 0.25) is 5.28 Å². The number of benzene rings is 1. The summed E-state index contributed by atoms with van der Waals surface area (Å²) in [4.78, 5) is 12.2. The summed E-state index contributed by atoms with van der Waals surface area (Å²) in [6.07, 6.45) is 0.855. The van der Waals surface area contributed by atoms with Crippen molar-refractivity contribution >= 4 is 23.2 Å². The second kappa shape index (κ2) is 6.72. The highest BCUT2D eigenvalue weighted by atomic mass is 35.5. The largest absolute Gasteiger partial charge is 0.495 e. The predicted octanol–water partition coefficient (Wildman–Crippen LogP) is 3.64. The second-order valence-electron chi connectivity index (χ2n) is 3.91. The van der Waals surface area contributed by atoms with Gasteiger partial charge in [-0.05, 0) is 36.2 Å². The Morgan fingerprint density at radius 3 is 2.65 bits per heavy atom. The van der Waals surface area contributed by atoms with Crippen LogP contribution in [0, 0.1) is 0 Å². The van der Waals surface area contributed by atoms with Gasteiger partial charge < -0.3 is 9.47 Å². The first-order valence-corrected chi connectivity index (χ1v) is 6.78. The highest BCUT2D eigenvalue weighted by molar-refractivity contribution is 6.32. The molecular weight excluding hydrogens is 301 g/mol. The van der Waals surface area contributed by atoms with Crippen LogP contribution in [0.3, 0.4) is 0 Å². The maximum atomic E-state index is 5.99. The molecule has 0 aliphatic heterocycles. The van der Waals surface area contributed by atoms with Crippen molar-refractivity contribution < 1.29 is 9.47 Å². The van der Waals surface area contributed by atoms with Gasteiger partial charge in [0, 0.05) is 5.56 Å². The molecule has 2 rings (SSSR count). The lowest BCUT2D eigenvalue weighted by Crippen LogP contribution is -2.03. The van der Waals surface area contributed by atoms with Crippen molar-refractivity contribution in [1.82, 2.24) is 15.0 Å². The Balaban J connectivity index is 2.38. The van der Waals surface area contributed by atoms with Crippen LogP contribution in [-0.4, -0.2) is 28.7 Å². The number of hydrogen-bond acceptors (Lipinski definition) is 5. The lowest BCUT2D eigenvalue weighted by Gasteiger charge is -2.07. The van der Waals surface area contributed by atoms with Crippen LogP contribution >= 0.6 is 23.2 Å². The zero-order valence-corrected chi connectivity index (χ0v) is 12.6. The van der Waals surface area contributed by atoms with Crippen molar-refractivity contribution in [2.45, 2.75) is 13.3 Å². The third kappa shape index (κ3) is 3.49. The van der Waals surface area contributed by atoms with E-state index in [1.54, 1.807) is 25.3 Å². The molecule has 1 aromatic carbocycles. The predicted molar refractivity (Wildman–Crippen MR) is 77.6 cm³/mol. The molecule has 1 aromatic heterocycles. The van der Waals surface area contributed by atoms with Crippen LogP contribution in [0.1, 0.15) is 13.3 Å². The van der Waals surface area contributed by atoms with Gasteiger partial charge in [-0.2, -0.15) is 15.0 Å². The van der Waals surface area contributed by atoms with Crippen molar-refractivity contribution in [3.8, 4) is 23.1 Å². The van der Waals surface area contributed by atoms with Crippen LogP contribution in [0.2, 0.25) is 10.3 Å². The fourth-order valence-corrected chi connectivity index (χ4v) is 1.86. The molecule has 0 bridgehead atoms. The minimum atomic E-state index is 0.0787. The molecule has 106 valence electrons. The van der Waals surface area contributed by atoms with Gasteiger partial charge >= 0.3 is 6.01 Å². The summed E-state index contributed by atoms with van der Waals surface area (Å²) in [5, 5.41) is 0.592. The van der Waals surface area contributed by atoms with E-state index in [4.69, 9.17) is 32.7 Å². The van der Waals surface area contributed by atoms with Gasteiger partial charge in [0.15, 0.2) is 5.82 Å². The lowest BCUT2D eigenvalue weighted by atomic mass is 10.2. The van der Waals surface area contributed by atoms with Crippen LogP contribution in [0.15, 0.2) is 18.2 Å². The zero-order chi connectivity index (χ0) is 14.5. The second-order valence-corrected chi connectivity index (χ2v) is 4.65. The molecule has 0 spiro atoms. The first kappa shape index (κ1) is 14.8. The minimum absolute atomic E-state index is 0.0787. The quantitative estimate of drug-likeness (QED) is 0.843. The molecule has 0 amide bonds. The van der Waals surface area contributed by atoms with E-state index in [1.165, 1.54) is 0 Å². The average Bonchev–Trinajstić information content (AvgIpc) is 2.45. The molecule has 0 aliphatic rings. The van der Waals surface area contributed by atoms with Crippen molar-refractivity contribution in [3.05, 3.63) is 28.5 Å². The third-order valence-electron chi connectivity index (χ3n) is 2.43. The Bertz CT molecular complexity index is 608. The summed E-state index contributed by atoms with van der Waals surface area (Å²) in [5.74, 6) is 0.947. The molecule has 20 heavy (non-hydrogen) atoms. The molecule has 0 unspecified atom stereocenters. The minimum Gasteiger partial charge on any atom is -0.495 e. The van der Waals surface area contributed by atoms with E-state index in [9.17, 15) is 0 Å². The van der Waals surface area contributed by atoms with Crippen molar-refractivity contribution in [2.75, 3.05) is 13.7 Å². The Hall–Kier alpha value is -1.59. The molecule has 2 aromatic rings. The fraction of sp³-hybridized carbons (Fsp3) is 0.308. The van der Waals surface area contributed by atoms with Gasteiger partial charge in [-0.1, -0.05) is 18.5 Å². The van der Waals surface area contributed by atoms with Crippen LogP contribution in [0.4, 0.5) is 0 Å². The van der Waals surface area contributed by atoms with E-state index in [-0.39, 0.29) is 11.3 Å². The Morgan fingerprint density at radius 1 is 1.15 bits per heavy atom. The maximum Gasteiger partial charge on any atom is 0.321 e. The molecule has 0 atom stereocenters. The summed E-state index contributed by atoms with van der Waals surface area (Å²) in [7, 11) is 1.54. The van der Waals surface area contributed by atoms with E-state index in [0.717, 1.165) is 12.0 Å².